The number of piperidine rings is 1. The van der Waals surface area contributed by atoms with Crippen molar-refractivity contribution < 1.29 is 9.59 Å². The molecule has 1 saturated heterocycles. The number of anilines is 1. The molecule has 2 rings (SSSR count). The molecule has 0 aliphatic carbocycles. The van der Waals surface area contributed by atoms with Crippen molar-refractivity contribution in [3.05, 3.63) is 28.2 Å². The van der Waals surface area contributed by atoms with Crippen LogP contribution in [0.2, 0.25) is 10.0 Å². The Morgan fingerprint density at radius 3 is 2.85 bits per heavy atom. The largest absolute Gasteiger partial charge is 0.356 e. The van der Waals surface area contributed by atoms with Crippen molar-refractivity contribution in [2.45, 2.75) is 45.6 Å². The van der Waals surface area contributed by atoms with Crippen LogP contribution in [0.3, 0.4) is 0 Å². The first-order valence-electron chi connectivity index (χ1n) is 9.20. The van der Waals surface area contributed by atoms with Gasteiger partial charge in [-0.2, -0.15) is 0 Å². The van der Waals surface area contributed by atoms with E-state index in [4.69, 9.17) is 23.2 Å². The van der Waals surface area contributed by atoms with Gasteiger partial charge < -0.3 is 10.6 Å². The van der Waals surface area contributed by atoms with Crippen molar-refractivity contribution in [1.82, 2.24) is 10.2 Å². The molecule has 26 heavy (non-hydrogen) atoms. The summed E-state index contributed by atoms with van der Waals surface area (Å²) in [5.41, 5.74) is 0.502. The molecule has 7 heteroatoms. The van der Waals surface area contributed by atoms with Gasteiger partial charge in [-0.25, -0.2) is 0 Å². The molecular weight excluding hydrogens is 373 g/mol. The molecule has 0 unspecified atom stereocenters. The Labute approximate surface area is 165 Å². The Morgan fingerprint density at radius 1 is 1.35 bits per heavy atom. The predicted molar refractivity (Wildman–Crippen MR) is 107 cm³/mol. The maximum absolute atomic E-state index is 12.6. The number of carbonyl (C=O) groups excluding carboxylic acids is 2. The van der Waals surface area contributed by atoms with E-state index in [1.807, 2.05) is 6.92 Å². The average Bonchev–Trinajstić information content (AvgIpc) is 2.65. The molecule has 144 valence electrons. The molecular formula is C19H27Cl2N3O2. The van der Waals surface area contributed by atoms with E-state index in [0.717, 1.165) is 38.8 Å². The van der Waals surface area contributed by atoms with Crippen molar-refractivity contribution in [3.63, 3.8) is 0 Å². The summed E-state index contributed by atoms with van der Waals surface area (Å²) in [6, 6.07) is 4.79. The minimum atomic E-state index is -0.351. The van der Waals surface area contributed by atoms with E-state index in [-0.39, 0.29) is 23.8 Å². The van der Waals surface area contributed by atoms with E-state index in [2.05, 4.69) is 22.5 Å². The second-order valence-electron chi connectivity index (χ2n) is 6.75. The lowest BCUT2D eigenvalue weighted by molar-refractivity contribution is -0.129. The van der Waals surface area contributed by atoms with Crippen molar-refractivity contribution in [1.29, 1.82) is 0 Å². The lowest BCUT2D eigenvalue weighted by Crippen LogP contribution is -2.50. The molecule has 5 nitrogen and oxygen atoms in total. The highest BCUT2D eigenvalue weighted by atomic mass is 35.5. The van der Waals surface area contributed by atoms with Gasteiger partial charge in [-0.1, -0.05) is 42.6 Å². The topological polar surface area (TPSA) is 61.4 Å². The predicted octanol–water partition coefficient (Wildman–Crippen LogP) is 3.95. The van der Waals surface area contributed by atoms with E-state index >= 15 is 0 Å². The molecule has 0 bridgehead atoms. The van der Waals surface area contributed by atoms with E-state index in [1.54, 1.807) is 18.2 Å². The van der Waals surface area contributed by atoms with Gasteiger partial charge in [0.2, 0.25) is 11.8 Å². The Morgan fingerprint density at radius 2 is 2.12 bits per heavy atom. The SMILES string of the molecule is CCCCNC(=O)[C@@H]1CCCN([C@@H](C)C(=O)Nc2cccc(Cl)c2Cl)C1. The van der Waals surface area contributed by atoms with E-state index in [1.165, 1.54) is 0 Å². The van der Waals surface area contributed by atoms with Gasteiger partial charge in [-0.3, -0.25) is 14.5 Å². The first-order chi connectivity index (χ1) is 12.4. The highest BCUT2D eigenvalue weighted by Gasteiger charge is 2.30. The average molecular weight is 400 g/mol. The van der Waals surface area contributed by atoms with Crippen LogP contribution in [-0.2, 0) is 9.59 Å². The lowest BCUT2D eigenvalue weighted by Gasteiger charge is -2.35. The summed E-state index contributed by atoms with van der Waals surface area (Å²) in [7, 11) is 0. The highest BCUT2D eigenvalue weighted by Crippen LogP contribution is 2.30. The Kier molecular flexibility index (Phi) is 8.19. The summed E-state index contributed by atoms with van der Waals surface area (Å²) in [5, 5.41) is 6.57. The molecule has 0 radical (unpaired) electrons. The smallest absolute Gasteiger partial charge is 0.241 e. The molecule has 1 heterocycles. The minimum Gasteiger partial charge on any atom is -0.356 e. The van der Waals surface area contributed by atoms with Gasteiger partial charge in [-0.05, 0) is 44.9 Å². The van der Waals surface area contributed by atoms with E-state index in [0.29, 0.717) is 22.3 Å². The third-order valence-corrected chi connectivity index (χ3v) is 5.61. The normalized spacial score (nSPS) is 19.0. The number of likely N-dealkylation sites (tertiary alicyclic amines) is 1. The van der Waals surface area contributed by atoms with Gasteiger partial charge >= 0.3 is 0 Å². The number of unbranched alkanes of at least 4 members (excludes halogenated alkanes) is 1. The lowest BCUT2D eigenvalue weighted by atomic mass is 9.95. The van der Waals surface area contributed by atoms with Crippen LogP contribution >= 0.6 is 23.2 Å². The zero-order valence-corrected chi connectivity index (χ0v) is 16.9. The van der Waals surface area contributed by atoms with Crippen LogP contribution < -0.4 is 10.6 Å². The molecule has 0 aromatic heterocycles. The van der Waals surface area contributed by atoms with Gasteiger partial charge in [0, 0.05) is 13.1 Å². The molecule has 1 aliphatic heterocycles. The molecule has 1 aliphatic rings. The van der Waals surface area contributed by atoms with E-state index < -0.39 is 0 Å². The first kappa shape index (κ1) is 21.0. The summed E-state index contributed by atoms with van der Waals surface area (Å²) in [5.74, 6) is -0.125. The second kappa shape index (κ2) is 10.1. The Balaban J connectivity index is 1.93. The summed E-state index contributed by atoms with van der Waals surface area (Å²) >= 11 is 12.1. The number of benzene rings is 1. The number of nitrogens with zero attached hydrogens (tertiary/aromatic N) is 1. The Hall–Kier alpha value is -1.30. The summed E-state index contributed by atoms with van der Waals surface area (Å²) in [4.78, 5) is 27.0. The highest BCUT2D eigenvalue weighted by molar-refractivity contribution is 6.44. The van der Waals surface area contributed by atoms with Crippen molar-refractivity contribution in [2.75, 3.05) is 25.0 Å². The number of carbonyl (C=O) groups is 2. The quantitative estimate of drug-likeness (QED) is 0.682. The fraction of sp³-hybridized carbons (Fsp3) is 0.579. The van der Waals surface area contributed by atoms with Gasteiger partial charge in [0.25, 0.3) is 0 Å². The minimum absolute atomic E-state index is 0.0642. The zero-order valence-electron chi connectivity index (χ0n) is 15.4. The van der Waals surface area contributed by atoms with Crippen LogP contribution in [0.5, 0.6) is 0 Å². The van der Waals surface area contributed by atoms with Crippen molar-refractivity contribution >= 4 is 40.7 Å². The number of nitrogens with one attached hydrogen (secondary N) is 2. The van der Waals surface area contributed by atoms with Crippen LogP contribution in [0.25, 0.3) is 0 Å². The van der Waals surface area contributed by atoms with Gasteiger partial charge in [0.05, 0.1) is 27.7 Å². The van der Waals surface area contributed by atoms with Crippen LogP contribution in [0, 0.1) is 5.92 Å². The fourth-order valence-electron chi connectivity index (χ4n) is 3.11. The monoisotopic (exact) mass is 399 g/mol. The number of rotatable bonds is 7. The number of hydrogen-bond acceptors (Lipinski definition) is 3. The first-order valence-corrected chi connectivity index (χ1v) is 9.96. The van der Waals surface area contributed by atoms with Gasteiger partial charge in [-0.15, -0.1) is 0 Å². The summed E-state index contributed by atoms with van der Waals surface area (Å²) < 4.78 is 0. The van der Waals surface area contributed by atoms with Gasteiger partial charge in [0.15, 0.2) is 0 Å². The molecule has 1 fully saturated rings. The van der Waals surface area contributed by atoms with Crippen molar-refractivity contribution in [3.8, 4) is 0 Å². The third-order valence-electron chi connectivity index (χ3n) is 4.79. The second-order valence-corrected chi connectivity index (χ2v) is 7.53. The standard InChI is InChI=1S/C19H27Cl2N3O2/c1-3-4-10-22-19(26)14-7-6-11-24(12-14)13(2)18(25)23-16-9-5-8-15(20)17(16)21/h5,8-9,13-14H,3-4,6-7,10-12H2,1-2H3,(H,22,26)(H,23,25)/t13-,14+/m0/s1. The molecule has 2 atom stereocenters. The fourth-order valence-corrected chi connectivity index (χ4v) is 3.46. The number of amides is 2. The van der Waals surface area contributed by atoms with Crippen LogP contribution in [0.1, 0.15) is 39.5 Å². The summed E-state index contributed by atoms with van der Waals surface area (Å²) in [6.45, 7) is 6.06. The van der Waals surface area contributed by atoms with Crippen LogP contribution in [-0.4, -0.2) is 42.4 Å². The molecule has 1 aromatic carbocycles. The molecule has 2 N–H and O–H groups in total. The van der Waals surface area contributed by atoms with E-state index in [9.17, 15) is 9.59 Å². The van der Waals surface area contributed by atoms with Crippen molar-refractivity contribution in [2.24, 2.45) is 5.92 Å². The molecule has 2 amide bonds. The number of hydrogen-bond donors (Lipinski definition) is 2. The van der Waals surface area contributed by atoms with Gasteiger partial charge in [0.1, 0.15) is 0 Å². The molecule has 1 aromatic rings. The van der Waals surface area contributed by atoms with Crippen LogP contribution in [0.4, 0.5) is 5.69 Å². The zero-order chi connectivity index (χ0) is 19.1. The maximum atomic E-state index is 12.6. The molecule has 0 saturated carbocycles. The maximum Gasteiger partial charge on any atom is 0.241 e. The Bertz CT molecular complexity index is 639. The number of halogens is 2. The third kappa shape index (κ3) is 5.60. The molecule has 0 spiro atoms. The van der Waals surface area contributed by atoms with Crippen LogP contribution in [0.15, 0.2) is 18.2 Å². The summed E-state index contributed by atoms with van der Waals surface area (Å²) in [6.07, 6.45) is 3.81.